The highest BCUT2D eigenvalue weighted by molar-refractivity contribution is 6.13. The van der Waals surface area contributed by atoms with Crippen LogP contribution in [0, 0.1) is 0 Å². The maximum atomic E-state index is 10.3. The number of nitrogens with zero attached hydrogens (tertiary/aromatic N) is 3. The Morgan fingerprint density at radius 2 is 1.94 bits per heavy atom. The molecule has 0 saturated carbocycles. The molecule has 0 aliphatic carbocycles. The van der Waals surface area contributed by atoms with Crippen molar-refractivity contribution < 1.29 is 5.11 Å². The van der Waals surface area contributed by atoms with Crippen molar-refractivity contribution in [2.24, 2.45) is 9.98 Å². The quantitative estimate of drug-likeness (QED) is 0.735. The Kier molecular flexibility index (Phi) is 3.24. The molecule has 0 fully saturated rings. The minimum absolute atomic E-state index is 0.650. The van der Waals surface area contributed by atoms with E-state index in [0.29, 0.717) is 6.42 Å². The topological polar surface area (TPSA) is 48.2 Å². The number of amidine groups is 1. The smallest absolute Gasteiger partial charge is 0.154 e. The maximum Gasteiger partial charge on any atom is 0.154 e. The highest BCUT2D eigenvalue weighted by Crippen LogP contribution is 2.27. The molecule has 0 aromatic heterocycles. The van der Waals surface area contributed by atoms with Gasteiger partial charge >= 0.3 is 0 Å². The predicted octanol–water partition coefficient (Wildman–Crippen LogP) is 1.46. The molecular formula is C13H17N3O. The zero-order valence-electron chi connectivity index (χ0n) is 10.4. The molecule has 0 amide bonds. The van der Waals surface area contributed by atoms with E-state index in [0.717, 1.165) is 22.7 Å². The number of benzene rings is 1. The molecule has 1 aromatic carbocycles. The van der Waals surface area contributed by atoms with Gasteiger partial charge in [0.25, 0.3) is 0 Å². The van der Waals surface area contributed by atoms with Gasteiger partial charge in [-0.2, -0.15) is 0 Å². The zero-order valence-corrected chi connectivity index (χ0v) is 10.4. The van der Waals surface area contributed by atoms with Crippen molar-refractivity contribution in [2.75, 3.05) is 21.1 Å². The summed E-state index contributed by atoms with van der Waals surface area (Å²) in [5.41, 5.74) is 2.85. The number of fused-ring (bicyclic) bond motifs is 1. The molecule has 0 radical (unpaired) electrons. The highest BCUT2D eigenvalue weighted by atomic mass is 16.3. The van der Waals surface area contributed by atoms with Gasteiger partial charge in [0, 0.05) is 44.4 Å². The third-order valence-electron chi connectivity index (χ3n) is 3.18. The predicted molar refractivity (Wildman–Crippen MR) is 69.6 cm³/mol. The summed E-state index contributed by atoms with van der Waals surface area (Å²) in [5, 5.41) is 10.3. The molecule has 0 unspecified atom stereocenters. The molecule has 1 heterocycles. The molecule has 1 aliphatic heterocycles. The van der Waals surface area contributed by atoms with E-state index in [2.05, 4.69) is 9.98 Å². The fourth-order valence-electron chi connectivity index (χ4n) is 2.14. The molecule has 90 valence electrons. The molecule has 4 heteroatoms. The first-order valence-corrected chi connectivity index (χ1v) is 5.60. The summed E-state index contributed by atoms with van der Waals surface area (Å²) in [4.78, 5) is 10.3. The Labute approximate surface area is 101 Å². The van der Waals surface area contributed by atoms with E-state index in [1.807, 2.05) is 31.3 Å². The minimum atomic E-state index is -0.663. The molecule has 0 spiro atoms. The fraction of sp³-hybridized carbons (Fsp3) is 0.385. The lowest BCUT2D eigenvalue weighted by molar-refractivity contribution is 0.0690. The Morgan fingerprint density at radius 1 is 1.24 bits per heavy atom. The molecule has 0 saturated heterocycles. The van der Waals surface area contributed by atoms with Gasteiger partial charge in [-0.05, 0) is 0 Å². The molecule has 0 bridgehead atoms. The lowest BCUT2D eigenvalue weighted by atomic mass is 10.0. The number of aliphatic hydroxyl groups is 1. The van der Waals surface area contributed by atoms with E-state index in [1.165, 1.54) is 0 Å². The van der Waals surface area contributed by atoms with Crippen LogP contribution < -0.4 is 0 Å². The van der Waals surface area contributed by atoms with Gasteiger partial charge in [0.15, 0.2) is 6.23 Å². The van der Waals surface area contributed by atoms with Crippen molar-refractivity contribution in [1.29, 1.82) is 0 Å². The van der Waals surface area contributed by atoms with Crippen molar-refractivity contribution in [3.05, 3.63) is 35.4 Å². The zero-order chi connectivity index (χ0) is 12.4. The first-order valence-electron chi connectivity index (χ1n) is 5.60. The van der Waals surface area contributed by atoms with Crippen molar-refractivity contribution >= 4 is 11.5 Å². The van der Waals surface area contributed by atoms with Gasteiger partial charge in [-0.15, -0.1) is 0 Å². The second-order valence-corrected chi connectivity index (χ2v) is 4.06. The van der Waals surface area contributed by atoms with Gasteiger partial charge in [0.05, 0.1) is 0 Å². The minimum Gasteiger partial charge on any atom is -0.369 e. The molecule has 1 aliphatic rings. The lowest BCUT2D eigenvalue weighted by Gasteiger charge is -2.24. The van der Waals surface area contributed by atoms with E-state index in [4.69, 9.17) is 0 Å². The maximum absolute atomic E-state index is 10.3. The van der Waals surface area contributed by atoms with Crippen molar-refractivity contribution in [3.63, 3.8) is 0 Å². The van der Waals surface area contributed by atoms with E-state index in [1.54, 1.807) is 19.0 Å². The number of aliphatic imine (C=N–C) groups is 2. The Morgan fingerprint density at radius 3 is 2.59 bits per heavy atom. The van der Waals surface area contributed by atoms with Crippen LogP contribution in [0.4, 0.5) is 0 Å². The lowest BCUT2D eigenvalue weighted by Crippen LogP contribution is -2.30. The standard InChI is InChI=1S/C13H17N3O/c1-14-11-8-12(15-2)16(3)13(17)10-7-5-4-6-9(10)11/h4-7,13,17H,8H2,1-3H3/t13-/m0/s1. The van der Waals surface area contributed by atoms with Crippen LogP contribution in [-0.4, -0.2) is 42.7 Å². The number of hydrogen-bond acceptors (Lipinski definition) is 3. The molecule has 17 heavy (non-hydrogen) atoms. The molecule has 1 N–H and O–H groups in total. The van der Waals surface area contributed by atoms with Crippen LogP contribution in [0.2, 0.25) is 0 Å². The summed E-state index contributed by atoms with van der Waals surface area (Å²) in [7, 11) is 5.36. The van der Waals surface area contributed by atoms with Crippen LogP contribution in [0.15, 0.2) is 34.3 Å². The van der Waals surface area contributed by atoms with Crippen LogP contribution in [0.1, 0.15) is 23.8 Å². The van der Waals surface area contributed by atoms with E-state index in [-0.39, 0.29) is 0 Å². The molecular weight excluding hydrogens is 214 g/mol. The van der Waals surface area contributed by atoms with Crippen molar-refractivity contribution in [1.82, 2.24) is 4.90 Å². The average molecular weight is 231 g/mol. The number of hydrogen-bond donors (Lipinski definition) is 1. The third-order valence-corrected chi connectivity index (χ3v) is 3.18. The molecule has 1 aromatic rings. The van der Waals surface area contributed by atoms with Crippen LogP contribution in [0.5, 0.6) is 0 Å². The van der Waals surface area contributed by atoms with Gasteiger partial charge in [0.2, 0.25) is 0 Å². The molecule has 4 nitrogen and oxygen atoms in total. The Bertz CT molecular complexity index is 479. The summed E-state index contributed by atoms with van der Waals surface area (Å²) >= 11 is 0. The van der Waals surface area contributed by atoms with Crippen LogP contribution in [-0.2, 0) is 0 Å². The Balaban J connectivity index is 2.60. The van der Waals surface area contributed by atoms with Gasteiger partial charge < -0.3 is 10.0 Å². The summed E-state index contributed by atoms with van der Waals surface area (Å²) < 4.78 is 0. The monoisotopic (exact) mass is 231 g/mol. The van der Waals surface area contributed by atoms with Gasteiger partial charge in [-0.25, -0.2) is 0 Å². The second-order valence-electron chi connectivity index (χ2n) is 4.06. The van der Waals surface area contributed by atoms with Crippen molar-refractivity contribution in [3.8, 4) is 0 Å². The van der Waals surface area contributed by atoms with Crippen molar-refractivity contribution in [2.45, 2.75) is 12.6 Å². The largest absolute Gasteiger partial charge is 0.369 e. The van der Waals surface area contributed by atoms with Crippen LogP contribution in [0.25, 0.3) is 0 Å². The molecule has 1 atom stereocenters. The van der Waals surface area contributed by atoms with Gasteiger partial charge in [0.1, 0.15) is 5.84 Å². The van der Waals surface area contributed by atoms with Gasteiger partial charge in [-0.1, -0.05) is 24.3 Å². The number of rotatable bonds is 0. The molecule has 2 rings (SSSR count). The van der Waals surface area contributed by atoms with Crippen LogP contribution >= 0.6 is 0 Å². The second kappa shape index (κ2) is 4.67. The highest BCUT2D eigenvalue weighted by Gasteiger charge is 2.26. The Hall–Kier alpha value is -1.68. The first-order chi connectivity index (χ1) is 8.19. The summed E-state index contributed by atoms with van der Waals surface area (Å²) in [5.74, 6) is 0.842. The summed E-state index contributed by atoms with van der Waals surface area (Å²) in [6.45, 7) is 0. The first kappa shape index (κ1) is 11.8. The van der Waals surface area contributed by atoms with E-state index >= 15 is 0 Å². The van der Waals surface area contributed by atoms with E-state index < -0.39 is 6.23 Å². The third kappa shape index (κ3) is 1.96. The summed E-state index contributed by atoms with van der Waals surface area (Å²) in [6, 6.07) is 7.82. The summed E-state index contributed by atoms with van der Waals surface area (Å²) in [6.07, 6.45) is -0.0125. The van der Waals surface area contributed by atoms with E-state index in [9.17, 15) is 5.11 Å². The number of aliphatic hydroxyl groups excluding tert-OH is 1. The van der Waals surface area contributed by atoms with Gasteiger partial charge in [-0.3, -0.25) is 9.98 Å². The normalized spacial score (nSPS) is 24.9. The SMILES string of the molecule is CN=C1CC(=NC)N(C)[C@@H](O)c2ccccc21. The average Bonchev–Trinajstić information content (AvgIpc) is 2.48. The van der Waals surface area contributed by atoms with Crippen LogP contribution in [0.3, 0.4) is 0 Å². The fourth-order valence-corrected chi connectivity index (χ4v) is 2.14.